The molecule has 30 heavy (non-hydrogen) atoms. The van der Waals surface area contributed by atoms with Gasteiger partial charge in [0.1, 0.15) is 4.21 Å². The van der Waals surface area contributed by atoms with E-state index in [1.807, 2.05) is 0 Å². The Morgan fingerprint density at radius 1 is 1.03 bits per heavy atom. The minimum Gasteiger partial charge on any atom is -0.493 e. The van der Waals surface area contributed by atoms with E-state index < -0.39 is 22.5 Å². The molecule has 0 aliphatic heterocycles. The lowest BCUT2D eigenvalue weighted by atomic mass is 10.2. The van der Waals surface area contributed by atoms with Crippen molar-refractivity contribution >= 4 is 38.6 Å². The van der Waals surface area contributed by atoms with E-state index in [2.05, 4.69) is 14.8 Å². The molecule has 0 radical (unpaired) electrons. The topological polar surface area (TPSA) is 93.7 Å². The van der Waals surface area contributed by atoms with Gasteiger partial charge in [-0.15, -0.1) is 11.3 Å². The number of alkyl halides is 2. The minimum atomic E-state index is -3.76. The molecule has 7 nitrogen and oxygen atoms in total. The van der Waals surface area contributed by atoms with Crippen molar-refractivity contribution in [2.24, 2.45) is 0 Å². The number of hydrogen-bond acceptors (Lipinski definition) is 6. The third-order valence-corrected chi connectivity index (χ3v) is 6.55. The summed E-state index contributed by atoms with van der Waals surface area (Å²) in [6.45, 7) is -3.06. The van der Waals surface area contributed by atoms with Gasteiger partial charge in [0.2, 0.25) is 0 Å². The Hall–Kier alpha value is -3.18. The first-order valence-corrected chi connectivity index (χ1v) is 10.8. The predicted octanol–water partition coefficient (Wildman–Crippen LogP) is 4.41. The van der Waals surface area contributed by atoms with Crippen LogP contribution in [-0.4, -0.2) is 28.0 Å². The summed E-state index contributed by atoms with van der Waals surface area (Å²) in [7, 11) is -2.46. The molecule has 3 rings (SSSR count). The Kier molecular flexibility index (Phi) is 6.53. The van der Waals surface area contributed by atoms with Crippen LogP contribution in [0.25, 0.3) is 0 Å². The Morgan fingerprint density at radius 2 is 1.83 bits per heavy atom. The van der Waals surface area contributed by atoms with Gasteiger partial charge in [-0.05, 0) is 41.8 Å². The second-order valence-electron chi connectivity index (χ2n) is 5.82. The van der Waals surface area contributed by atoms with Crippen LogP contribution in [0.1, 0.15) is 10.4 Å². The average Bonchev–Trinajstić information content (AvgIpc) is 3.23. The summed E-state index contributed by atoms with van der Waals surface area (Å²) >= 11 is 1.06. The largest absolute Gasteiger partial charge is 0.493 e. The van der Waals surface area contributed by atoms with Crippen molar-refractivity contribution in [2.45, 2.75) is 10.8 Å². The molecule has 0 bridgehead atoms. The number of halogens is 2. The van der Waals surface area contributed by atoms with Crippen LogP contribution in [0.15, 0.2) is 64.2 Å². The lowest BCUT2D eigenvalue weighted by Crippen LogP contribution is -2.14. The van der Waals surface area contributed by atoms with E-state index in [0.717, 1.165) is 11.3 Å². The molecule has 1 amide bonds. The van der Waals surface area contributed by atoms with Gasteiger partial charge in [-0.3, -0.25) is 9.52 Å². The molecular weight excluding hydrogens is 438 g/mol. The summed E-state index contributed by atoms with van der Waals surface area (Å²) in [4.78, 5) is 12.5. The molecule has 0 atom stereocenters. The zero-order chi connectivity index (χ0) is 21.7. The van der Waals surface area contributed by atoms with E-state index in [0.29, 0.717) is 0 Å². The highest BCUT2D eigenvalue weighted by Crippen LogP contribution is 2.31. The van der Waals surface area contributed by atoms with Gasteiger partial charge in [0, 0.05) is 23.0 Å². The lowest BCUT2D eigenvalue weighted by Gasteiger charge is -2.13. The summed E-state index contributed by atoms with van der Waals surface area (Å²) in [6, 6.07) is 13.0. The number of anilines is 2. The predicted molar refractivity (Wildman–Crippen MR) is 109 cm³/mol. The second kappa shape index (κ2) is 9.09. The maximum atomic E-state index is 12.6. The summed E-state index contributed by atoms with van der Waals surface area (Å²) in [5, 5.41) is 4.18. The molecule has 0 unspecified atom stereocenters. The molecule has 0 spiro atoms. The van der Waals surface area contributed by atoms with Crippen molar-refractivity contribution in [2.75, 3.05) is 17.1 Å². The fourth-order valence-corrected chi connectivity index (χ4v) is 4.53. The number of benzene rings is 2. The van der Waals surface area contributed by atoms with Gasteiger partial charge in [-0.25, -0.2) is 8.42 Å². The molecule has 2 aromatic carbocycles. The lowest BCUT2D eigenvalue weighted by molar-refractivity contribution is -0.0511. The molecule has 1 heterocycles. The molecule has 1 aromatic heterocycles. The first-order valence-electron chi connectivity index (χ1n) is 8.39. The summed E-state index contributed by atoms with van der Waals surface area (Å²) < 4.78 is 61.7. The molecular formula is C19H16F2N2O5S2. The van der Waals surface area contributed by atoms with Gasteiger partial charge in [-0.2, -0.15) is 8.78 Å². The van der Waals surface area contributed by atoms with Crippen molar-refractivity contribution in [1.82, 2.24) is 0 Å². The number of carbonyl (C=O) groups excluding carboxylic acids is 1. The molecule has 11 heteroatoms. The fourth-order valence-electron chi connectivity index (χ4n) is 2.49. The van der Waals surface area contributed by atoms with Crippen LogP contribution in [0, 0.1) is 0 Å². The Morgan fingerprint density at radius 3 is 2.50 bits per heavy atom. The molecule has 0 saturated heterocycles. The first kappa shape index (κ1) is 21.5. The van der Waals surface area contributed by atoms with Crippen LogP contribution < -0.4 is 19.5 Å². The standard InChI is InChI=1S/C19H16F2N2O5S2/c1-27-15-8-7-13(11-16(15)28-19(20)21)22-18(24)12-4-2-5-14(10-12)23-30(25,26)17-6-3-9-29-17/h2-11,19,23H,1H3,(H,22,24). The highest BCUT2D eigenvalue weighted by Gasteiger charge is 2.17. The zero-order valence-corrected chi connectivity index (χ0v) is 17.1. The number of methoxy groups -OCH3 is 1. The van der Waals surface area contributed by atoms with Crippen LogP contribution in [0.2, 0.25) is 0 Å². The third kappa shape index (κ3) is 5.24. The van der Waals surface area contributed by atoms with E-state index in [9.17, 15) is 22.0 Å². The summed E-state index contributed by atoms with van der Waals surface area (Å²) in [5.41, 5.74) is 0.557. The molecule has 0 fully saturated rings. The van der Waals surface area contributed by atoms with Gasteiger partial charge < -0.3 is 14.8 Å². The maximum Gasteiger partial charge on any atom is 0.387 e. The van der Waals surface area contributed by atoms with Gasteiger partial charge >= 0.3 is 6.61 Å². The Balaban J connectivity index is 1.77. The number of hydrogen-bond donors (Lipinski definition) is 2. The number of carbonyl (C=O) groups is 1. The molecule has 0 aliphatic rings. The van der Waals surface area contributed by atoms with Crippen LogP contribution >= 0.6 is 11.3 Å². The van der Waals surface area contributed by atoms with E-state index in [1.54, 1.807) is 11.4 Å². The van der Waals surface area contributed by atoms with Crippen LogP contribution in [-0.2, 0) is 10.0 Å². The monoisotopic (exact) mass is 454 g/mol. The van der Waals surface area contributed by atoms with Crippen molar-refractivity contribution < 1.29 is 31.5 Å². The fraction of sp³-hybridized carbons (Fsp3) is 0.105. The second-order valence-corrected chi connectivity index (χ2v) is 8.67. The van der Waals surface area contributed by atoms with Crippen LogP contribution in [0.4, 0.5) is 20.2 Å². The number of sulfonamides is 1. The smallest absolute Gasteiger partial charge is 0.387 e. The molecule has 2 N–H and O–H groups in total. The average molecular weight is 454 g/mol. The maximum absolute atomic E-state index is 12.6. The van der Waals surface area contributed by atoms with E-state index >= 15 is 0 Å². The Bertz CT molecular complexity index is 1140. The van der Waals surface area contributed by atoms with E-state index in [-0.39, 0.29) is 32.6 Å². The molecule has 0 saturated carbocycles. The number of nitrogens with one attached hydrogen (secondary N) is 2. The summed E-state index contributed by atoms with van der Waals surface area (Å²) in [6.07, 6.45) is 0. The quantitative estimate of drug-likeness (QED) is 0.526. The number of rotatable bonds is 8. The van der Waals surface area contributed by atoms with Gasteiger partial charge in [0.15, 0.2) is 11.5 Å². The number of thiophene rings is 1. The van der Waals surface area contributed by atoms with Crippen molar-refractivity contribution in [3.8, 4) is 11.5 Å². The van der Waals surface area contributed by atoms with E-state index in [4.69, 9.17) is 4.74 Å². The molecule has 0 aliphatic carbocycles. The highest BCUT2D eigenvalue weighted by molar-refractivity contribution is 7.94. The minimum absolute atomic E-state index is 0.0817. The van der Waals surface area contributed by atoms with Crippen LogP contribution in [0.5, 0.6) is 11.5 Å². The Labute approximate surface area is 175 Å². The van der Waals surface area contributed by atoms with Crippen molar-refractivity contribution in [1.29, 1.82) is 0 Å². The van der Waals surface area contributed by atoms with Crippen molar-refractivity contribution in [3.05, 3.63) is 65.5 Å². The summed E-state index contributed by atoms with van der Waals surface area (Å²) in [5.74, 6) is -0.721. The third-order valence-electron chi connectivity index (χ3n) is 3.77. The molecule has 3 aromatic rings. The van der Waals surface area contributed by atoms with Gasteiger partial charge in [0.05, 0.1) is 7.11 Å². The highest BCUT2D eigenvalue weighted by atomic mass is 32.2. The normalized spacial score (nSPS) is 11.2. The van der Waals surface area contributed by atoms with Gasteiger partial charge in [-0.1, -0.05) is 12.1 Å². The number of ether oxygens (including phenoxy) is 2. The number of amides is 1. The van der Waals surface area contributed by atoms with Gasteiger partial charge in [0.25, 0.3) is 15.9 Å². The SMILES string of the molecule is COc1ccc(NC(=O)c2cccc(NS(=O)(=O)c3cccs3)c2)cc1OC(F)F. The van der Waals surface area contributed by atoms with E-state index in [1.165, 1.54) is 55.6 Å². The zero-order valence-electron chi connectivity index (χ0n) is 15.5. The van der Waals surface area contributed by atoms with Crippen molar-refractivity contribution in [3.63, 3.8) is 0 Å². The first-order chi connectivity index (χ1) is 14.3. The molecule has 158 valence electrons. The van der Waals surface area contributed by atoms with Crippen LogP contribution in [0.3, 0.4) is 0 Å².